The van der Waals surface area contributed by atoms with Gasteiger partial charge in [-0.1, -0.05) is 6.92 Å². The number of nitrogens with one attached hydrogen (secondary N) is 1. The van der Waals surface area contributed by atoms with Gasteiger partial charge >= 0.3 is 0 Å². The van der Waals surface area contributed by atoms with Crippen LogP contribution in [0.15, 0.2) is 0 Å². The van der Waals surface area contributed by atoms with E-state index in [1.165, 1.54) is 13.0 Å². The van der Waals surface area contributed by atoms with Gasteiger partial charge in [0.05, 0.1) is 12.2 Å². The smallest absolute Gasteiger partial charge is 0.241 e. The molecular formula is C12H23N3O. The molecule has 4 heteroatoms. The van der Waals surface area contributed by atoms with Gasteiger partial charge in [0.2, 0.25) is 5.91 Å². The molecule has 0 aromatic rings. The summed E-state index contributed by atoms with van der Waals surface area (Å²) in [5, 5.41) is 3.30. The number of carbonyl (C=O) groups excluding carboxylic acids is 1. The molecule has 2 fully saturated rings. The summed E-state index contributed by atoms with van der Waals surface area (Å²) < 4.78 is 0. The van der Waals surface area contributed by atoms with Crippen LogP contribution in [0.2, 0.25) is 0 Å². The average molecular weight is 225 g/mol. The van der Waals surface area contributed by atoms with E-state index in [0.717, 1.165) is 19.5 Å². The van der Waals surface area contributed by atoms with Crippen LogP contribution in [0, 0.1) is 0 Å². The Bertz CT molecular complexity index is 269. The van der Waals surface area contributed by atoms with Crippen molar-refractivity contribution in [3.63, 3.8) is 0 Å². The number of hydrogen-bond acceptors (Lipinski definition) is 3. The number of likely N-dealkylation sites (N-methyl/N-ethyl adjacent to an activating group) is 1. The van der Waals surface area contributed by atoms with Crippen molar-refractivity contribution in [3.8, 4) is 0 Å². The van der Waals surface area contributed by atoms with Crippen molar-refractivity contribution in [1.82, 2.24) is 15.1 Å². The summed E-state index contributed by atoms with van der Waals surface area (Å²) in [5.74, 6) is 0.274. The fraction of sp³-hybridized carbons (Fsp3) is 0.917. The molecule has 1 N–H and O–H groups in total. The zero-order valence-electron chi connectivity index (χ0n) is 10.6. The summed E-state index contributed by atoms with van der Waals surface area (Å²) in [4.78, 5) is 16.6. The molecule has 2 aliphatic rings. The third kappa shape index (κ3) is 2.09. The zero-order valence-corrected chi connectivity index (χ0v) is 10.6. The highest BCUT2D eigenvalue weighted by Crippen LogP contribution is 2.21. The Kier molecular flexibility index (Phi) is 3.50. The SMILES string of the molecule is CCN1CCCC(N2C(=O)C(C)NC2C)C1. The summed E-state index contributed by atoms with van der Waals surface area (Å²) in [7, 11) is 0. The lowest BCUT2D eigenvalue weighted by molar-refractivity contribution is -0.132. The number of amides is 1. The van der Waals surface area contributed by atoms with Crippen LogP contribution >= 0.6 is 0 Å². The van der Waals surface area contributed by atoms with Crippen LogP contribution in [0.5, 0.6) is 0 Å². The van der Waals surface area contributed by atoms with E-state index in [9.17, 15) is 4.79 Å². The van der Waals surface area contributed by atoms with Gasteiger partial charge in [0, 0.05) is 12.6 Å². The first-order valence-corrected chi connectivity index (χ1v) is 6.44. The minimum Gasteiger partial charge on any atom is -0.322 e. The first-order valence-electron chi connectivity index (χ1n) is 6.44. The lowest BCUT2D eigenvalue weighted by atomic mass is 10.0. The van der Waals surface area contributed by atoms with Gasteiger partial charge in [0.15, 0.2) is 0 Å². The molecule has 3 atom stereocenters. The Morgan fingerprint density at radius 1 is 1.44 bits per heavy atom. The molecule has 0 bridgehead atoms. The normalized spacial score (nSPS) is 37.1. The zero-order chi connectivity index (χ0) is 11.7. The Hall–Kier alpha value is -0.610. The number of likely N-dealkylation sites (tertiary alicyclic amines) is 1. The van der Waals surface area contributed by atoms with Crippen molar-refractivity contribution in [2.24, 2.45) is 0 Å². The van der Waals surface area contributed by atoms with Crippen molar-refractivity contribution in [1.29, 1.82) is 0 Å². The van der Waals surface area contributed by atoms with Gasteiger partial charge in [-0.2, -0.15) is 0 Å². The predicted molar refractivity (Wildman–Crippen MR) is 64.0 cm³/mol. The van der Waals surface area contributed by atoms with Crippen molar-refractivity contribution in [2.45, 2.75) is 51.9 Å². The summed E-state index contributed by atoms with van der Waals surface area (Å²) in [6, 6.07) is 0.403. The standard InChI is InChI=1S/C12H23N3O/c1-4-14-7-5-6-11(8-14)15-10(3)13-9(2)12(15)16/h9-11,13H,4-8H2,1-3H3. The Balaban J connectivity index is 2.03. The maximum atomic E-state index is 12.1. The molecule has 0 saturated carbocycles. The Labute approximate surface area is 98.0 Å². The van der Waals surface area contributed by atoms with Crippen LogP contribution in [0.1, 0.15) is 33.6 Å². The monoisotopic (exact) mass is 225 g/mol. The number of piperidine rings is 1. The maximum Gasteiger partial charge on any atom is 0.241 e. The van der Waals surface area contributed by atoms with E-state index in [-0.39, 0.29) is 18.1 Å². The van der Waals surface area contributed by atoms with Gasteiger partial charge in [-0.05, 0) is 39.8 Å². The van der Waals surface area contributed by atoms with Gasteiger partial charge in [0.1, 0.15) is 0 Å². The third-order valence-corrected chi connectivity index (χ3v) is 3.85. The Morgan fingerprint density at radius 3 is 2.75 bits per heavy atom. The van der Waals surface area contributed by atoms with Gasteiger partial charge < -0.3 is 9.80 Å². The first kappa shape index (κ1) is 11.9. The van der Waals surface area contributed by atoms with E-state index in [1.807, 2.05) is 6.92 Å². The molecule has 2 heterocycles. The van der Waals surface area contributed by atoms with E-state index in [2.05, 4.69) is 29.0 Å². The van der Waals surface area contributed by atoms with Gasteiger partial charge in [0.25, 0.3) is 0 Å². The molecule has 4 nitrogen and oxygen atoms in total. The van der Waals surface area contributed by atoms with Crippen LogP contribution in [0.4, 0.5) is 0 Å². The summed E-state index contributed by atoms with van der Waals surface area (Å²) in [6.07, 6.45) is 2.56. The van der Waals surface area contributed by atoms with Crippen molar-refractivity contribution in [2.75, 3.05) is 19.6 Å². The first-order chi connectivity index (χ1) is 7.63. The summed E-state index contributed by atoms with van der Waals surface area (Å²) in [6.45, 7) is 9.56. The van der Waals surface area contributed by atoms with Gasteiger partial charge in [-0.15, -0.1) is 0 Å². The molecule has 0 radical (unpaired) electrons. The number of nitrogens with zero attached hydrogens (tertiary/aromatic N) is 2. The fourth-order valence-electron chi connectivity index (χ4n) is 2.97. The molecule has 1 amide bonds. The van der Waals surface area contributed by atoms with Crippen LogP contribution in [-0.4, -0.2) is 53.6 Å². The molecule has 16 heavy (non-hydrogen) atoms. The highest BCUT2D eigenvalue weighted by molar-refractivity contribution is 5.84. The topological polar surface area (TPSA) is 35.6 Å². The minimum absolute atomic E-state index is 0.00740. The molecule has 2 saturated heterocycles. The van der Waals surface area contributed by atoms with Gasteiger partial charge in [-0.3, -0.25) is 10.1 Å². The van der Waals surface area contributed by atoms with E-state index < -0.39 is 0 Å². The highest BCUT2D eigenvalue weighted by Gasteiger charge is 2.39. The molecule has 0 aliphatic carbocycles. The van der Waals surface area contributed by atoms with Crippen molar-refractivity contribution < 1.29 is 4.79 Å². The third-order valence-electron chi connectivity index (χ3n) is 3.85. The average Bonchev–Trinajstić information content (AvgIpc) is 2.53. The lowest BCUT2D eigenvalue weighted by Gasteiger charge is -2.38. The molecule has 0 aromatic carbocycles. The maximum absolute atomic E-state index is 12.1. The molecule has 0 spiro atoms. The lowest BCUT2D eigenvalue weighted by Crippen LogP contribution is -2.51. The van der Waals surface area contributed by atoms with E-state index >= 15 is 0 Å². The summed E-state index contributed by atoms with van der Waals surface area (Å²) in [5.41, 5.74) is 0. The second-order valence-electron chi connectivity index (χ2n) is 5.00. The number of hydrogen-bond donors (Lipinski definition) is 1. The van der Waals surface area contributed by atoms with Crippen LogP contribution in [0.25, 0.3) is 0 Å². The van der Waals surface area contributed by atoms with Gasteiger partial charge in [-0.25, -0.2) is 0 Å². The highest BCUT2D eigenvalue weighted by atomic mass is 16.2. The fourth-order valence-corrected chi connectivity index (χ4v) is 2.97. The van der Waals surface area contributed by atoms with Crippen molar-refractivity contribution >= 4 is 5.91 Å². The molecule has 0 aromatic heterocycles. The molecular weight excluding hydrogens is 202 g/mol. The molecule has 92 valence electrons. The van der Waals surface area contributed by atoms with Crippen LogP contribution in [0.3, 0.4) is 0 Å². The van der Waals surface area contributed by atoms with E-state index in [1.54, 1.807) is 0 Å². The second kappa shape index (κ2) is 4.72. The second-order valence-corrected chi connectivity index (χ2v) is 5.00. The molecule has 3 unspecified atom stereocenters. The quantitative estimate of drug-likeness (QED) is 0.749. The minimum atomic E-state index is -0.00740. The Morgan fingerprint density at radius 2 is 2.19 bits per heavy atom. The van der Waals surface area contributed by atoms with E-state index in [0.29, 0.717) is 6.04 Å². The predicted octanol–water partition coefficient (Wildman–Crippen LogP) is 0.637. The number of carbonyl (C=O) groups is 1. The molecule has 2 aliphatic heterocycles. The molecule has 2 rings (SSSR count). The summed E-state index contributed by atoms with van der Waals surface area (Å²) >= 11 is 0. The van der Waals surface area contributed by atoms with Crippen molar-refractivity contribution in [3.05, 3.63) is 0 Å². The van der Waals surface area contributed by atoms with E-state index in [4.69, 9.17) is 0 Å². The van der Waals surface area contributed by atoms with Crippen LogP contribution in [-0.2, 0) is 4.79 Å². The largest absolute Gasteiger partial charge is 0.322 e. The number of rotatable bonds is 2. The van der Waals surface area contributed by atoms with Crippen LogP contribution < -0.4 is 5.32 Å².